The van der Waals surface area contributed by atoms with Gasteiger partial charge in [0.25, 0.3) is 0 Å². The molecule has 0 amide bonds. The van der Waals surface area contributed by atoms with Gasteiger partial charge in [-0.3, -0.25) is 0 Å². The first kappa shape index (κ1) is 13.0. The third-order valence-corrected chi connectivity index (χ3v) is 3.61. The van der Waals surface area contributed by atoms with Gasteiger partial charge in [0, 0.05) is 26.1 Å². The van der Waals surface area contributed by atoms with E-state index < -0.39 is 5.60 Å². The molecule has 1 aliphatic heterocycles. The van der Waals surface area contributed by atoms with Crippen molar-refractivity contribution < 1.29 is 9.84 Å². The number of pyridine rings is 1. The summed E-state index contributed by atoms with van der Waals surface area (Å²) in [6, 6.07) is 5.80. The van der Waals surface area contributed by atoms with Gasteiger partial charge >= 0.3 is 0 Å². The topological polar surface area (TPSA) is 54.4 Å². The van der Waals surface area contributed by atoms with Crippen LogP contribution in [0.4, 0.5) is 0 Å². The minimum Gasteiger partial charge on any atom is -0.386 e. The zero-order chi connectivity index (χ0) is 12.3. The van der Waals surface area contributed by atoms with Crippen LogP contribution in [0, 0.1) is 0 Å². The molecule has 1 aromatic heterocycles. The number of rotatable bonds is 4. The quantitative estimate of drug-likeness (QED) is 0.827. The van der Waals surface area contributed by atoms with Crippen LogP contribution in [0.25, 0.3) is 0 Å². The maximum Gasteiger partial charge on any atom is 0.106 e. The van der Waals surface area contributed by atoms with Crippen LogP contribution in [0.5, 0.6) is 0 Å². The summed E-state index contributed by atoms with van der Waals surface area (Å²) in [6.45, 7) is 3.72. The van der Waals surface area contributed by atoms with Crippen molar-refractivity contribution in [1.29, 1.82) is 0 Å². The van der Waals surface area contributed by atoms with Crippen LogP contribution in [0.1, 0.15) is 19.0 Å². The number of nitrogens with zero attached hydrogens (tertiary/aromatic N) is 1. The third kappa shape index (κ3) is 3.25. The van der Waals surface area contributed by atoms with Gasteiger partial charge in [0.2, 0.25) is 0 Å². The van der Waals surface area contributed by atoms with Crippen molar-refractivity contribution in [2.75, 3.05) is 13.2 Å². The minimum atomic E-state index is -0.744. The minimum absolute atomic E-state index is 0.106. The lowest BCUT2D eigenvalue weighted by Crippen LogP contribution is -2.45. The fourth-order valence-corrected chi connectivity index (χ4v) is 2.34. The summed E-state index contributed by atoms with van der Waals surface area (Å²) < 4.78 is 6.20. The Hall–Kier alpha value is -0.490. The number of aliphatic hydroxyl groups is 1. The van der Waals surface area contributed by atoms with Gasteiger partial charge in [-0.1, -0.05) is 6.07 Å². The predicted molar refractivity (Wildman–Crippen MR) is 68.6 cm³/mol. The van der Waals surface area contributed by atoms with Crippen LogP contribution < -0.4 is 5.32 Å². The van der Waals surface area contributed by atoms with Crippen LogP contribution in [-0.2, 0) is 11.3 Å². The van der Waals surface area contributed by atoms with E-state index in [-0.39, 0.29) is 6.10 Å². The van der Waals surface area contributed by atoms with Crippen LogP contribution in [0.15, 0.2) is 22.8 Å². The standard InChI is InChI=1S/C12H17BrN2O2/c1-9-12(16,5-6-17-9)8-14-7-10-3-2-4-11(13)15-10/h2-4,9,14,16H,5-8H2,1H3. The first-order valence-electron chi connectivity index (χ1n) is 5.76. The van der Waals surface area contributed by atoms with Crippen molar-refractivity contribution >= 4 is 15.9 Å². The maximum atomic E-state index is 10.3. The molecular formula is C12H17BrN2O2. The van der Waals surface area contributed by atoms with E-state index in [2.05, 4.69) is 26.2 Å². The van der Waals surface area contributed by atoms with Gasteiger partial charge in [0.1, 0.15) is 10.2 Å². The molecule has 2 unspecified atom stereocenters. The van der Waals surface area contributed by atoms with Crippen LogP contribution in [-0.4, -0.2) is 34.9 Å². The second-order valence-corrected chi connectivity index (χ2v) is 5.23. The molecule has 2 heterocycles. The zero-order valence-electron chi connectivity index (χ0n) is 9.82. The maximum absolute atomic E-state index is 10.3. The monoisotopic (exact) mass is 300 g/mol. The van der Waals surface area contributed by atoms with Crippen LogP contribution in [0.3, 0.4) is 0 Å². The average Bonchev–Trinajstić information content (AvgIpc) is 2.60. The molecule has 1 saturated heterocycles. The van der Waals surface area contributed by atoms with Crippen molar-refractivity contribution in [3.8, 4) is 0 Å². The fraction of sp³-hybridized carbons (Fsp3) is 0.583. The number of nitrogens with one attached hydrogen (secondary N) is 1. The third-order valence-electron chi connectivity index (χ3n) is 3.17. The van der Waals surface area contributed by atoms with E-state index in [1.807, 2.05) is 25.1 Å². The normalized spacial score (nSPS) is 28.5. The Balaban J connectivity index is 1.83. The molecule has 1 aliphatic rings. The molecule has 0 aromatic carbocycles. The summed E-state index contributed by atoms with van der Waals surface area (Å²) in [6.07, 6.45) is 0.582. The Morgan fingerprint density at radius 1 is 1.65 bits per heavy atom. The number of halogens is 1. The predicted octanol–water partition coefficient (Wildman–Crippen LogP) is 1.47. The van der Waals surface area contributed by atoms with Crippen LogP contribution in [0.2, 0.25) is 0 Å². The lowest BCUT2D eigenvalue weighted by molar-refractivity contribution is -0.0263. The molecule has 1 aromatic rings. The molecule has 2 N–H and O–H groups in total. The van der Waals surface area contributed by atoms with E-state index in [0.29, 0.717) is 26.1 Å². The highest BCUT2D eigenvalue weighted by atomic mass is 79.9. The van der Waals surface area contributed by atoms with Gasteiger partial charge in [-0.05, 0) is 35.0 Å². The smallest absolute Gasteiger partial charge is 0.106 e. The van der Waals surface area contributed by atoms with Crippen molar-refractivity contribution in [1.82, 2.24) is 10.3 Å². The molecule has 0 radical (unpaired) electrons. The second-order valence-electron chi connectivity index (χ2n) is 4.42. The highest BCUT2D eigenvalue weighted by Gasteiger charge is 2.38. The first-order chi connectivity index (χ1) is 8.10. The highest BCUT2D eigenvalue weighted by molar-refractivity contribution is 9.10. The van der Waals surface area contributed by atoms with E-state index in [9.17, 15) is 5.11 Å². The Bertz CT molecular complexity index is 389. The molecule has 94 valence electrons. The molecule has 4 nitrogen and oxygen atoms in total. The molecule has 5 heteroatoms. The Morgan fingerprint density at radius 2 is 2.47 bits per heavy atom. The zero-order valence-corrected chi connectivity index (χ0v) is 11.4. The summed E-state index contributed by atoms with van der Waals surface area (Å²) in [5, 5.41) is 13.5. The van der Waals surface area contributed by atoms with Crippen molar-refractivity contribution in [2.24, 2.45) is 0 Å². The van der Waals surface area contributed by atoms with Gasteiger partial charge in [-0.25, -0.2) is 4.98 Å². The molecule has 17 heavy (non-hydrogen) atoms. The summed E-state index contributed by atoms with van der Waals surface area (Å²) in [7, 11) is 0. The number of aromatic nitrogens is 1. The van der Waals surface area contributed by atoms with E-state index in [1.165, 1.54) is 0 Å². The Morgan fingerprint density at radius 3 is 3.12 bits per heavy atom. The molecule has 0 saturated carbocycles. The molecule has 1 fully saturated rings. The van der Waals surface area contributed by atoms with Crippen LogP contribution >= 0.6 is 15.9 Å². The lowest BCUT2D eigenvalue weighted by atomic mass is 9.97. The fourth-order valence-electron chi connectivity index (χ4n) is 1.96. The van der Waals surface area contributed by atoms with Gasteiger partial charge in [0.05, 0.1) is 11.8 Å². The van der Waals surface area contributed by atoms with E-state index in [0.717, 1.165) is 10.3 Å². The summed E-state index contributed by atoms with van der Waals surface area (Å²) >= 11 is 3.33. The Kier molecular flexibility index (Phi) is 4.14. The van der Waals surface area contributed by atoms with Gasteiger partial charge in [0.15, 0.2) is 0 Å². The van der Waals surface area contributed by atoms with Gasteiger partial charge < -0.3 is 15.2 Å². The van der Waals surface area contributed by atoms with E-state index in [4.69, 9.17) is 4.74 Å². The first-order valence-corrected chi connectivity index (χ1v) is 6.55. The molecule has 2 atom stereocenters. The second kappa shape index (κ2) is 5.44. The number of hydrogen-bond donors (Lipinski definition) is 2. The summed E-state index contributed by atoms with van der Waals surface area (Å²) in [5.41, 5.74) is 0.209. The molecule has 2 rings (SSSR count). The van der Waals surface area contributed by atoms with Crippen molar-refractivity contribution in [3.63, 3.8) is 0 Å². The average molecular weight is 301 g/mol. The van der Waals surface area contributed by atoms with Gasteiger partial charge in [-0.2, -0.15) is 0 Å². The summed E-state index contributed by atoms with van der Waals surface area (Å²) in [5.74, 6) is 0. The van der Waals surface area contributed by atoms with E-state index >= 15 is 0 Å². The highest BCUT2D eigenvalue weighted by Crippen LogP contribution is 2.24. The van der Waals surface area contributed by atoms with Gasteiger partial charge in [-0.15, -0.1) is 0 Å². The Labute approximate surface area is 110 Å². The molecule has 0 aliphatic carbocycles. The van der Waals surface area contributed by atoms with Crippen molar-refractivity contribution in [3.05, 3.63) is 28.5 Å². The molecule has 0 spiro atoms. The lowest BCUT2D eigenvalue weighted by Gasteiger charge is -2.26. The number of hydrogen-bond acceptors (Lipinski definition) is 4. The number of ether oxygens (including phenoxy) is 1. The van der Waals surface area contributed by atoms with E-state index in [1.54, 1.807) is 0 Å². The molecular weight excluding hydrogens is 284 g/mol. The SMILES string of the molecule is CC1OCCC1(O)CNCc1cccc(Br)n1. The molecule has 0 bridgehead atoms. The van der Waals surface area contributed by atoms with Crippen molar-refractivity contribution in [2.45, 2.75) is 31.6 Å². The largest absolute Gasteiger partial charge is 0.386 e. The summed E-state index contributed by atoms with van der Waals surface area (Å²) in [4.78, 5) is 4.32.